The Morgan fingerprint density at radius 3 is 2.76 bits per heavy atom. The average Bonchev–Trinajstić information content (AvgIpc) is 2.67. The predicted molar refractivity (Wildman–Crippen MR) is 65.4 cm³/mol. The topological polar surface area (TPSA) is 67.8 Å². The number of H-pyrrole nitrogens is 1. The van der Waals surface area contributed by atoms with Crippen LogP contribution in [0.5, 0.6) is 0 Å². The van der Waals surface area contributed by atoms with E-state index in [2.05, 4.69) is 9.97 Å². The monoisotopic (exact) mass is 233 g/mol. The van der Waals surface area contributed by atoms with Crippen LogP contribution in [0.4, 0.5) is 0 Å². The van der Waals surface area contributed by atoms with E-state index in [0.717, 1.165) is 18.4 Å². The minimum Gasteiger partial charge on any atom is -0.305 e. The molecular formula is C12H15N3O2. The minimum absolute atomic E-state index is 0.140. The van der Waals surface area contributed by atoms with Crippen LogP contribution in [-0.2, 0) is 0 Å². The lowest BCUT2D eigenvalue weighted by Crippen LogP contribution is -2.21. The van der Waals surface area contributed by atoms with E-state index in [1.54, 1.807) is 16.8 Å². The summed E-state index contributed by atoms with van der Waals surface area (Å²) in [5.41, 5.74) is 1.61. The first-order valence-corrected chi connectivity index (χ1v) is 5.76. The van der Waals surface area contributed by atoms with Crippen molar-refractivity contribution in [2.75, 3.05) is 0 Å². The van der Waals surface area contributed by atoms with Gasteiger partial charge in [0.25, 0.3) is 0 Å². The minimum atomic E-state index is -0.140. The van der Waals surface area contributed by atoms with E-state index in [0.29, 0.717) is 17.5 Å². The zero-order valence-corrected chi connectivity index (χ0v) is 9.93. The number of carbonyl (C=O) groups is 1. The van der Waals surface area contributed by atoms with Crippen molar-refractivity contribution in [3.63, 3.8) is 0 Å². The predicted octanol–water partition coefficient (Wildman–Crippen LogP) is 1.90. The Balaban J connectivity index is 2.67. The highest BCUT2D eigenvalue weighted by atomic mass is 16.1. The second-order valence-electron chi connectivity index (χ2n) is 4.01. The van der Waals surface area contributed by atoms with Crippen molar-refractivity contribution >= 4 is 17.3 Å². The number of nitrogens with zero attached hydrogens (tertiary/aromatic N) is 2. The molecule has 0 aromatic carbocycles. The fourth-order valence-electron chi connectivity index (χ4n) is 2.12. The fourth-order valence-corrected chi connectivity index (χ4v) is 2.12. The van der Waals surface area contributed by atoms with Crippen LogP contribution < -0.4 is 5.69 Å². The molecule has 0 aliphatic carbocycles. The maximum absolute atomic E-state index is 11.9. The van der Waals surface area contributed by atoms with Gasteiger partial charge in [-0.15, -0.1) is 0 Å². The quantitative estimate of drug-likeness (QED) is 0.820. The van der Waals surface area contributed by atoms with Gasteiger partial charge in [0.15, 0.2) is 6.29 Å². The summed E-state index contributed by atoms with van der Waals surface area (Å²) in [4.78, 5) is 29.3. The van der Waals surface area contributed by atoms with E-state index in [-0.39, 0.29) is 11.7 Å². The van der Waals surface area contributed by atoms with Gasteiger partial charge in [0.2, 0.25) is 0 Å². The Morgan fingerprint density at radius 1 is 1.47 bits per heavy atom. The molecule has 5 heteroatoms. The third-order valence-corrected chi connectivity index (χ3v) is 3.05. The summed E-state index contributed by atoms with van der Waals surface area (Å²) in [6.45, 7) is 4.10. The molecule has 0 amide bonds. The molecule has 0 atom stereocenters. The number of carbonyl (C=O) groups excluding carboxylic acids is 1. The number of hydrogen-bond acceptors (Lipinski definition) is 3. The van der Waals surface area contributed by atoms with Crippen molar-refractivity contribution in [1.29, 1.82) is 0 Å². The molecule has 17 heavy (non-hydrogen) atoms. The van der Waals surface area contributed by atoms with Crippen LogP contribution in [-0.4, -0.2) is 20.8 Å². The Morgan fingerprint density at radius 2 is 2.18 bits per heavy atom. The SMILES string of the molecule is CCC(CC)n1c(=O)[nH]c2cc(C=O)ncc21. The summed E-state index contributed by atoms with van der Waals surface area (Å²) in [5, 5.41) is 0. The molecule has 0 saturated heterocycles. The molecule has 0 unspecified atom stereocenters. The first-order chi connectivity index (χ1) is 8.21. The molecule has 2 rings (SSSR count). The molecule has 0 aliphatic rings. The van der Waals surface area contributed by atoms with Gasteiger partial charge in [-0.25, -0.2) is 4.79 Å². The number of pyridine rings is 1. The first-order valence-electron chi connectivity index (χ1n) is 5.76. The molecule has 0 aliphatic heterocycles. The van der Waals surface area contributed by atoms with Crippen LogP contribution in [0.25, 0.3) is 11.0 Å². The van der Waals surface area contributed by atoms with Crippen LogP contribution in [0.1, 0.15) is 43.2 Å². The number of rotatable bonds is 4. The van der Waals surface area contributed by atoms with Crippen molar-refractivity contribution in [2.45, 2.75) is 32.7 Å². The smallest absolute Gasteiger partial charge is 0.305 e. The summed E-state index contributed by atoms with van der Waals surface area (Å²) in [7, 11) is 0. The van der Waals surface area contributed by atoms with E-state index in [4.69, 9.17) is 0 Å². The van der Waals surface area contributed by atoms with E-state index < -0.39 is 0 Å². The second-order valence-corrected chi connectivity index (χ2v) is 4.01. The number of aldehydes is 1. The molecule has 90 valence electrons. The molecule has 2 aromatic rings. The van der Waals surface area contributed by atoms with Gasteiger partial charge in [0, 0.05) is 6.04 Å². The molecule has 0 spiro atoms. The molecule has 0 saturated carbocycles. The highest BCUT2D eigenvalue weighted by Crippen LogP contribution is 2.19. The van der Waals surface area contributed by atoms with Gasteiger partial charge in [0.05, 0.1) is 17.2 Å². The molecule has 2 aromatic heterocycles. The fraction of sp³-hybridized carbons (Fsp3) is 0.417. The Hall–Kier alpha value is -1.91. The summed E-state index contributed by atoms with van der Waals surface area (Å²) >= 11 is 0. The van der Waals surface area contributed by atoms with Crippen LogP contribution in [0.3, 0.4) is 0 Å². The Kier molecular flexibility index (Phi) is 3.08. The number of imidazole rings is 1. The zero-order chi connectivity index (χ0) is 12.4. The molecular weight excluding hydrogens is 218 g/mol. The normalized spacial score (nSPS) is 11.2. The maximum Gasteiger partial charge on any atom is 0.326 e. The van der Waals surface area contributed by atoms with E-state index in [9.17, 15) is 9.59 Å². The van der Waals surface area contributed by atoms with Crippen molar-refractivity contribution < 1.29 is 4.79 Å². The van der Waals surface area contributed by atoms with E-state index in [1.165, 1.54) is 0 Å². The van der Waals surface area contributed by atoms with Crippen molar-refractivity contribution in [1.82, 2.24) is 14.5 Å². The lowest BCUT2D eigenvalue weighted by molar-refractivity contribution is 0.111. The summed E-state index contributed by atoms with van der Waals surface area (Å²) in [6.07, 6.45) is 4.03. The van der Waals surface area contributed by atoms with Crippen molar-refractivity contribution in [3.8, 4) is 0 Å². The average molecular weight is 233 g/mol. The van der Waals surface area contributed by atoms with Gasteiger partial charge in [-0.2, -0.15) is 0 Å². The van der Waals surface area contributed by atoms with Gasteiger partial charge in [0.1, 0.15) is 5.69 Å². The van der Waals surface area contributed by atoms with Crippen LogP contribution in [0.15, 0.2) is 17.1 Å². The molecule has 0 radical (unpaired) electrons. The number of aromatic nitrogens is 3. The standard InChI is InChI=1S/C12H15N3O2/c1-3-9(4-2)15-11-6-13-8(7-16)5-10(11)14-12(15)17/h5-7,9H,3-4H2,1-2H3,(H,14,17). The van der Waals surface area contributed by atoms with Gasteiger partial charge in [-0.1, -0.05) is 13.8 Å². The second kappa shape index (κ2) is 4.53. The maximum atomic E-state index is 11.9. The van der Waals surface area contributed by atoms with Crippen LogP contribution in [0.2, 0.25) is 0 Å². The van der Waals surface area contributed by atoms with Gasteiger partial charge >= 0.3 is 5.69 Å². The molecule has 2 heterocycles. The Labute approximate surface area is 98.5 Å². The number of hydrogen-bond donors (Lipinski definition) is 1. The van der Waals surface area contributed by atoms with Gasteiger partial charge in [-0.3, -0.25) is 14.3 Å². The van der Waals surface area contributed by atoms with Crippen molar-refractivity contribution in [2.24, 2.45) is 0 Å². The van der Waals surface area contributed by atoms with Gasteiger partial charge < -0.3 is 4.98 Å². The Bertz CT molecular complexity index is 593. The summed E-state index contributed by atoms with van der Waals surface area (Å²) in [6, 6.07) is 1.77. The van der Waals surface area contributed by atoms with Gasteiger partial charge in [-0.05, 0) is 18.9 Å². The molecule has 0 fully saturated rings. The number of fused-ring (bicyclic) bond motifs is 1. The number of aromatic amines is 1. The lowest BCUT2D eigenvalue weighted by atomic mass is 10.1. The third-order valence-electron chi connectivity index (χ3n) is 3.05. The van der Waals surface area contributed by atoms with Crippen LogP contribution >= 0.6 is 0 Å². The van der Waals surface area contributed by atoms with Crippen molar-refractivity contribution in [3.05, 3.63) is 28.4 Å². The molecule has 0 bridgehead atoms. The van der Waals surface area contributed by atoms with Crippen LogP contribution in [0, 0.1) is 0 Å². The highest BCUT2D eigenvalue weighted by Gasteiger charge is 2.14. The molecule has 1 N–H and O–H groups in total. The largest absolute Gasteiger partial charge is 0.326 e. The zero-order valence-electron chi connectivity index (χ0n) is 9.93. The number of nitrogens with one attached hydrogen (secondary N) is 1. The third kappa shape index (κ3) is 1.88. The first kappa shape index (κ1) is 11.6. The highest BCUT2D eigenvalue weighted by molar-refractivity contribution is 5.82. The lowest BCUT2D eigenvalue weighted by Gasteiger charge is -2.13. The molecule has 5 nitrogen and oxygen atoms in total. The van der Waals surface area contributed by atoms with E-state index in [1.807, 2.05) is 13.8 Å². The summed E-state index contributed by atoms with van der Waals surface area (Å²) in [5.74, 6) is 0. The van der Waals surface area contributed by atoms with E-state index >= 15 is 0 Å². The summed E-state index contributed by atoms with van der Waals surface area (Å²) < 4.78 is 1.72.